The predicted octanol–water partition coefficient (Wildman–Crippen LogP) is 1.55. The van der Waals surface area contributed by atoms with E-state index in [4.69, 9.17) is 10.5 Å². The van der Waals surface area contributed by atoms with Crippen molar-refractivity contribution in [3.8, 4) is 11.1 Å². The quantitative estimate of drug-likeness (QED) is 0.629. The highest BCUT2D eigenvalue weighted by atomic mass is 16.5. The minimum atomic E-state index is -0.942. The number of hydrogen-bond acceptors (Lipinski definition) is 4. The molecule has 0 radical (unpaired) electrons. The molecule has 1 aliphatic rings. The van der Waals surface area contributed by atoms with Crippen LogP contribution in [0.5, 0.6) is 0 Å². The standard InChI is InChI=1S/C19H21N3O4/c20-18(24)21-9-12(23)10-22-19(25)26-11-17-15-7-3-1-5-13(15)14-6-2-4-8-16(14)17/h1-8,12,17,23H,9-11H2,(H,22,25)(H3,20,21,24). The van der Waals surface area contributed by atoms with E-state index in [1.54, 1.807) is 0 Å². The number of alkyl carbamates (subject to hydrolysis) is 1. The fourth-order valence-electron chi connectivity index (χ4n) is 3.14. The number of nitrogens with one attached hydrogen (secondary N) is 2. The molecule has 0 saturated carbocycles. The number of aliphatic hydroxyl groups excluding tert-OH is 1. The summed E-state index contributed by atoms with van der Waals surface area (Å²) in [7, 11) is 0. The summed E-state index contributed by atoms with van der Waals surface area (Å²) in [4.78, 5) is 22.5. The Kier molecular flexibility index (Phi) is 5.38. The van der Waals surface area contributed by atoms with Crippen molar-refractivity contribution in [3.05, 3.63) is 59.7 Å². The van der Waals surface area contributed by atoms with E-state index < -0.39 is 18.2 Å². The molecule has 0 bridgehead atoms. The summed E-state index contributed by atoms with van der Waals surface area (Å²) < 4.78 is 5.34. The van der Waals surface area contributed by atoms with E-state index in [1.165, 1.54) is 0 Å². The first-order valence-corrected chi connectivity index (χ1v) is 8.36. The molecular weight excluding hydrogens is 334 g/mol. The average molecular weight is 355 g/mol. The van der Waals surface area contributed by atoms with Crippen LogP contribution in [0.4, 0.5) is 9.59 Å². The summed E-state index contributed by atoms with van der Waals surface area (Å²) in [6.07, 6.45) is -1.56. The first-order chi connectivity index (χ1) is 12.6. The van der Waals surface area contributed by atoms with Gasteiger partial charge >= 0.3 is 12.1 Å². The Hall–Kier alpha value is -3.06. The number of carbonyl (C=O) groups is 2. The molecule has 136 valence electrons. The van der Waals surface area contributed by atoms with E-state index >= 15 is 0 Å². The number of carbonyl (C=O) groups excluding carboxylic acids is 2. The predicted molar refractivity (Wildman–Crippen MR) is 96.7 cm³/mol. The number of primary amides is 1. The van der Waals surface area contributed by atoms with Gasteiger partial charge in [-0.15, -0.1) is 0 Å². The molecule has 0 aromatic heterocycles. The van der Waals surface area contributed by atoms with Gasteiger partial charge < -0.3 is 26.2 Å². The van der Waals surface area contributed by atoms with Gasteiger partial charge in [0.15, 0.2) is 0 Å². The van der Waals surface area contributed by atoms with Crippen LogP contribution in [0.1, 0.15) is 17.0 Å². The lowest BCUT2D eigenvalue weighted by Gasteiger charge is -2.16. The first-order valence-electron chi connectivity index (χ1n) is 8.36. The van der Waals surface area contributed by atoms with Gasteiger partial charge in [0.1, 0.15) is 6.61 Å². The number of ether oxygens (including phenoxy) is 1. The molecule has 1 aliphatic carbocycles. The van der Waals surface area contributed by atoms with Crippen LogP contribution in [0.3, 0.4) is 0 Å². The normalized spacial score (nSPS) is 13.4. The zero-order valence-corrected chi connectivity index (χ0v) is 14.1. The SMILES string of the molecule is NC(=O)NCC(O)CNC(=O)OCC1c2ccccc2-c2ccccc21. The van der Waals surface area contributed by atoms with Crippen LogP contribution in [0.15, 0.2) is 48.5 Å². The van der Waals surface area contributed by atoms with Gasteiger partial charge in [-0.05, 0) is 22.3 Å². The molecule has 0 spiro atoms. The number of fused-ring (bicyclic) bond motifs is 3. The number of hydrogen-bond donors (Lipinski definition) is 4. The number of benzene rings is 2. The summed E-state index contributed by atoms with van der Waals surface area (Å²) in [5.41, 5.74) is 9.50. The molecule has 7 heteroatoms. The highest BCUT2D eigenvalue weighted by Crippen LogP contribution is 2.44. The second-order valence-electron chi connectivity index (χ2n) is 6.11. The Balaban J connectivity index is 1.56. The number of nitrogens with two attached hydrogens (primary N) is 1. The van der Waals surface area contributed by atoms with Gasteiger partial charge in [0.2, 0.25) is 0 Å². The maximum absolute atomic E-state index is 11.9. The summed E-state index contributed by atoms with van der Waals surface area (Å²) in [6, 6.07) is 15.4. The summed E-state index contributed by atoms with van der Waals surface area (Å²) in [6.45, 7) is 0.117. The lowest BCUT2D eigenvalue weighted by Crippen LogP contribution is -2.41. The van der Waals surface area contributed by atoms with E-state index in [9.17, 15) is 14.7 Å². The first kappa shape index (κ1) is 17.8. The number of urea groups is 1. The lowest BCUT2D eigenvalue weighted by molar-refractivity contribution is 0.128. The molecule has 0 aliphatic heterocycles. The third-order valence-corrected chi connectivity index (χ3v) is 4.34. The third kappa shape index (κ3) is 3.94. The minimum Gasteiger partial charge on any atom is -0.449 e. The van der Waals surface area contributed by atoms with Crippen molar-refractivity contribution >= 4 is 12.1 Å². The van der Waals surface area contributed by atoms with Crippen molar-refractivity contribution in [2.24, 2.45) is 5.73 Å². The van der Waals surface area contributed by atoms with Crippen molar-refractivity contribution in [2.75, 3.05) is 19.7 Å². The fraction of sp³-hybridized carbons (Fsp3) is 0.263. The Morgan fingerprint density at radius 3 is 2.12 bits per heavy atom. The molecule has 5 N–H and O–H groups in total. The van der Waals surface area contributed by atoms with Gasteiger partial charge in [-0.25, -0.2) is 9.59 Å². The monoisotopic (exact) mass is 355 g/mol. The second-order valence-corrected chi connectivity index (χ2v) is 6.11. The molecule has 3 rings (SSSR count). The van der Waals surface area contributed by atoms with Crippen molar-refractivity contribution < 1.29 is 19.4 Å². The van der Waals surface area contributed by atoms with Crippen LogP contribution < -0.4 is 16.4 Å². The Morgan fingerprint density at radius 2 is 1.54 bits per heavy atom. The molecule has 0 heterocycles. The molecule has 0 fully saturated rings. The zero-order valence-electron chi connectivity index (χ0n) is 14.1. The summed E-state index contributed by atoms with van der Waals surface area (Å²) >= 11 is 0. The Labute approximate surface area is 151 Å². The van der Waals surface area contributed by atoms with Crippen LogP contribution in [0.25, 0.3) is 11.1 Å². The van der Waals surface area contributed by atoms with Gasteiger partial charge in [0.05, 0.1) is 6.10 Å². The van der Waals surface area contributed by atoms with E-state index in [0.29, 0.717) is 0 Å². The van der Waals surface area contributed by atoms with Gasteiger partial charge in [0.25, 0.3) is 0 Å². The molecular formula is C19H21N3O4. The van der Waals surface area contributed by atoms with Crippen LogP contribution in [0.2, 0.25) is 0 Å². The van der Waals surface area contributed by atoms with Crippen LogP contribution in [-0.4, -0.2) is 43.0 Å². The molecule has 26 heavy (non-hydrogen) atoms. The summed E-state index contributed by atoms with van der Waals surface area (Å²) in [5, 5.41) is 14.4. The number of amides is 3. The van der Waals surface area contributed by atoms with Crippen molar-refractivity contribution in [1.82, 2.24) is 10.6 Å². The summed E-state index contributed by atoms with van der Waals surface area (Å²) in [5.74, 6) is -0.0189. The van der Waals surface area contributed by atoms with Crippen molar-refractivity contribution in [3.63, 3.8) is 0 Å². The topological polar surface area (TPSA) is 114 Å². The van der Waals surface area contributed by atoms with Crippen LogP contribution in [0, 0.1) is 0 Å². The van der Waals surface area contributed by atoms with Gasteiger partial charge in [-0.2, -0.15) is 0 Å². The fourth-order valence-corrected chi connectivity index (χ4v) is 3.14. The molecule has 2 aromatic rings. The van der Waals surface area contributed by atoms with Crippen molar-refractivity contribution in [1.29, 1.82) is 0 Å². The highest BCUT2D eigenvalue weighted by molar-refractivity contribution is 5.79. The van der Waals surface area contributed by atoms with Crippen LogP contribution in [-0.2, 0) is 4.74 Å². The Bertz CT molecular complexity index is 763. The third-order valence-electron chi connectivity index (χ3n) is 4.34. The molecule has 1 atom stereocenters. The van der Waals surface area contributed by atoms with Gasteiger partial charge in [-0.3, -0.25) is 0 Å². The Morgan fingerprint density at radius 1 is 1.00 bits per heavy atom. The molecule has 2 aromatic carbocycles. The number of rotatable bonds is 6. The largest absolute Gasteiger partial charge is 0.449 e. The number of aliphatic hydroxyl groups is 1. The second kappa shape index (κ2) is 7.88. The molecule has 7 nitrogen and oxygen atoms in total. The lowest BCUT2D eigenvalue weighted by atomic mass is 9.98. The van der Waals surface area contributed by atoms with Gasteiger partial charge in [-0.1, -0.05) is 48.5 Å². The van der Waals surface area contributed by atoms with Crippen LogP contribution >= 0.6 is 0 Å². The van der Waals surface area contributed by atoms with E-state index in [-0.39, 0.29) is 25.6 Å². The van der Waals surface area contributed by atoms with E-state index in [2.05, 4.69) is 22.8 Å². The zero-order chi connectivity index (χ0) is 18.5. The maximum atomic E-state index is 11.9. The van der Waals surface area contributed by atoms with Gasteiger partial charge in [0, 0.05) is 19.0 Å². The minimum absolute atomic E-state index is 0.0189. The molecule has 1 unspecified atom stereocenters. The smallest absolute Gasteiger partial charge is 0.407 e. The highest BCUT2D eigenvalue weighted by Gasteiger charge is 2.28. The molecule has 3 amide bonds. The average Bonchev–Trinajstić information content (AvgIpc) is 2.97. The molecule has 0 saturated heterocycles. The van der Waals surface area contributed by atoms with E-state index in [1.807, 2.05) is 36.4 Å². The van der Waals surface area contributed by atoms with Crippen molar-refractivity contribution in [2.45, 2.75) is 12.0 Å². The maximum Gasteiger partial charge on any atom is 0.407 e. The van der Waals surface area contributed by atoms with E-state index in [0.717, 1.165) is 22.3 Å².